The third-order valence-electron chi connectivity index (χ3n) is 4.17. The second kappa shape index (κ2) is 7.59. The standard InChI is InChI=1S/C16H20FN3O4S/c1-23-11-15-18-16(19-24-15)14-5-3-2-4-10-20(14)25(21,22)13-8-6-12(17)7-9-13/h6-9,14H,2-5,10-11H2,1H3/t14-/m0/s1. The largest absolute Gasteiger partial charge is 0.375 e. The molecule has 0 N–H and O–H groups in total. The molecule has 0 unspecified atom stereocenters. The zero-order valence-electron chi connectivity index (χ0n) is 13.9. The minimum Gasteiger partial charge on any atom is -0.375 e. The molecule has 1 aromatic heterocycles. The first-order valence-electron chi connectivity index (χ1n) is 8.11. The van der Waals surface area contributed by atoms with Crippen LogP contribution in [0, 0.1) is 5.82 Å². The number of halogens is 1. The fourth-order valence-electron chi connectivity index (χ4n) is 2.95. The Hall–Kier alpha value is -1.84. The average Bonchev–Trinajstić information content (AvgIpc) is 2.90. The summed E-state index contributed by atoms with van der Waals surface area (Å²) in [6.45, 7) is 0.531. The summed E-state index contributed by atoms with van der Waals surface area (Å²) in [5, 5.41) is 3.94. The summed E-state index contributed by atoms with van der Waals surface area (Å²) in [6.07, 6.45) is 3.15. The van der Waals surface area contributed by atoms with Crippen LogP contribution in [0.2, 0.25) is 0 Å². The second-order valence-corrected chi connectivity index (χ2v) is 7.80. The van der Waals surface area contributed by atoms with Crippen LogP contribution in [-0.2, 0) is 21.4 Å². The van der Waals surface area contributed by atoms with Gasteiger partial charge in [-0.2, -0.15) is 9.29 Å². The monoisotopic (exact) mass is 369 g/mol. The van der Waals surface area contributed by atoms with Gasteiger partial charge in [-0.15, -0.1) is 0 Å². The Morgan fingerprint density at radius 3 is 2.76 bits per heavy atom. The highest BCUT2D eigenvalue weighted by molar-refractivity contribution is 7.89. The summed E-state index contributed by atoms with van der Waals surface area (Å²) in [5.74, 6) is 0.161. The third-order valence-corrected chi connectivity index (χ3v) is 6.10. The summed E-state index contributed by atoms with van der Waals surface area (Å²) in [5.41, 5.74) is 0. The van der Waals surface area contributed by atoms with Crippen molar-refractivity contribution in [3.05, 3.63) is 41.8 Å². The van der Waals surface area contributed by atoms with Crippen LogP contribution in [0.3, 0.4) is 0 Å². The van der Waals surface area contributed by atoms with Crippen LogP contribution in [0.1, 0.15) is 43.4 Å². The highest BCUT2D eigenvalue weighted by atomic mass is 32.2. The molecular weight excluding hydrogens is 349 g/mol. The van der Waals surface area contributed by atoms with Gasteiger partial charge in [0.15, 0.2) is 5.82 Å². The molecule has 25 heavy (non-hydrogen) atoms. The molecule has 0 aliphatic carbocycles. The highest BCUT2D eigenvalue weighted by Gasteiger charge is 2.36. The lowest BCUT2D eigenvalue weighted by Crippen LogP contribution is -2.35. The van der Waals surface area contributed by atoms with Gasteiger partial charge >= 0.3 is 0 Å². The zero-order valence-corrected chi connectivity index (χ0v) is 14.7. The van der Waals surface area contributed by atoms with Gasteiger partial charge in [0, 0.05) is 13.7 Å². The van der Waals surface area contributed by atoms with Crippen LogP contribution in [0.15, 0.2) is 33.7 Å². The smallest absolute Gasteiger partial charge is 0.252 e. The number of nitrogens with zero attached hydrogens (tertiary/aromatic N) is 3. The van der Waals surface area contributed by atoms with Crippen LogP contribution in [-0.4, -0.2) is 36.5 Å². The Morgan fingerprint density at radius 2 is 2.04 bits per heavy atom. The molecule has 1 aliphatic rings. The highest BCUT2D eigenvalue weighted by Crippen LogP contribution is 2.33. The molecule has 3 rings (SSSR count). The molecule has 136 valence electrons. The number of aromatic nitrogens is 2. The van der Waals surface area contributed by atoms with Crippen molar-refractivity contribution in [2.75, 3.05) is 13.7 Å². The SMILES string of the molecule is COCc1nc([C@@H]2CCCCCN2S(=O)(=O)c2ccc(F)cc2)no1. The molecule has 1 atom stereocenters. The van der Waals surface area contributed by atoms with E-state index in [0.717, 1.165) is 31.4 Å². The van der Waals surface area contributed by atoms with Crippen LogP contribution in [0.4, 0.5) is 4.39 Å². The molecule has 0 saturated carbocycles. The molecule has 1 aromatic carbocycles. The quantitative estimate of drug-likeness (QED) is 0.805. The normalized spacial score (nSPS) is 19.7. The van der Waals surface area contributed by atoms with Gasteiger partial charge in [-0.1, -0.05) is 18.0 Å². The van der Waals surface area contributed by atoms with E-state index in [9.17, 15) is 12.8 Å². The van der Waals surface area contributed by atoms with E-state index in [1.807, 2.05) is 0 Å². The molecule has 2 heterocycles. The van der Waals surface area contributed by atoms with E-state index < -0.39 is 21.9 Å². The first-order valence-corrected chi connectivity index (χ1v) is 9.55. The van der Waals surface area contributed by atoms with Gasteiger partial charge < -0.3 is 9.26 Å². The fourth-order valence-corrected chi connectivity index (χ4v) is 4.61. The Kier molecular flexibility index (Phi) is 5.45. The first-order chi connectivity index (χ1) is 12.0. The molecule has 7 nitrogen and oxygen atoms in total. The lowest BCUT2D eigenvalue weighted by atomic mass is 10.1. The predicted octanol–water partition coefficient (Wildman–Crippen LogP) is 2.66. The molecule has 1 aliphatic heterocycles. The molecule has 1 fully saturated rings. The van der Waals surface area contributed by atoms with Gasteiger partial charge in [0.25, 0.3) is 5.89 Å². The molecule has 9 heteroatoms. The van der Waals surface area contributed by atoms with Crippen molar-refractivity contribution in [2.24, 2.45) is 0 Å². The van der Waals surface area contributed by atoms with Crippen LogP contribution < -0.4 is 0 Å². The molecular formula is C16H20FN3O4S. The summed E-state index contributed by atoms with van der Waals surface area (Å²) >= 11 is 0. The number of sulfonamides is 1. The summed E-state index contributed by atoms with van der Waals surface area (Å²) < 4.78 is 50.8. The van der Waals surface area contributed by atoms with Crippen molar-refractivity contribution < 1.29 is 22.1 Å². The van der Waals surface area contributed by atoms with Gasteiger partial charge in [0.05, 0.1) is 10.9 Å². The maximum Gasteiger partial charge on any atom is 0.252 e. The topological polar surface area (TPSA) is 85.5 Å². The number of rotatable bonds is 5. The van der Waals surface area contributed by atoms with E-state index in [1.165, 1.54) is 23.5 Å². The number of benzene rings is 1. The molecule has 0 radical (unpaired) electrons. The second-order valence-electron chi connectivity index (χ2n) is 5.91. The predicted molar refractivity (Wildman–Crippen MR) is 86.5 cm³/mol. The number of ether oxygens (including phenoxy) is 1. The van der Waals surface area contributed by atoms with Crippen LogP contribution >= 0.6 is 0 Å². The van der Waals surface area contributed by atoms with Crippen molar-refractivity contribution in [1.82, 2.24) is 14.4 Å². The minimum absolute atomic E-state index is 0.0569. The van der Waals surface area contributed by atoms with Crippen molar-refractivity contribution in [3.63, 3.8) is 0 Å². The summed E-state index contributed by atoms with van der Waals surface area (Å²) in [4.78, 5) is 4.32. The average molecular weight is 369 g/mol. The third kappa shape index (κ3) is 3.88. The zero-order chi connectivity index (χ0) is 17.9. The Balaban J connectivity index is 1.95. The Labute approximate surface area is 145 Å². The molecule has 0 bridgehead atoms. The maximum absolute atomic E-state index is 13.1. The van der Waals surface area contributed by atoms with E-state index in [-0.39, 0.29) is 11.5 Å². The molecule has 2 aromatic rings. The fraction of sp³-hybridized carbons (Fsp3) is 0.500. The van der Waals surface area contributed by atoms with E-state index in [1.54, 1.807) is 0 Å². The molecule has 1 saturated heterocycles. The number of methoxy groups -OCH3 is 1. The molecule has 0 amide bonds. The number of hydrogen-bond acceptors (Lipinski definition) is 6. The Bertz CT molecular complexity index is 807. The van der Waals surface area contributed by atoms with Crippen molar-refractivity contribution in [2.45, 2.75) is 43.2 Å². The van der Waals surface area contributed by atoms with Crippen LogP contribution in [0.5, 0.6) is 0 Å². The molecule has 0 spiro atoms. The number of hydrogen-bond donors (Lipinski definition) is 0. The lowest BCUT2D eigenvalue weighted by molar-refractivity contribution is 0.151. The summed E-state index contributed by atoms with van der Waals surface area (Å²) in [6, 6.07) is 4.33. The van der Waals surface area contributed by atoms with Crippen molar-refractivity contribution >= 4 is 10.0 Å². The van der Waals surface area contributed by atoms with Gasteiger partial charge in [-0.05, 0) is 37.1 Å². The van der Waals surface area contributed by atoms with Gasteiger partial charge in [0.2, 0.25) is 10.0 Å². The van der Waals surface area contributed by atoms with Gasteiger partial charge in [-0.3, -0.25) is 0 Å². The van der Waals surface area contributed by atoms with Gasteiger partial charge in [0.1, 0.15) is 12.4 Å². The van der Waals surface area contributed by atoms with Crippen molar-refractivity contribution in [1.29, 1.82) is 0 Å². The van der Waals surface area contributed by atoms with E-state index in [2.05, 4.69) is 10.1 Å². The Morgan fingerprint density at radius 1 is 1.28 bits per heavy atom. The summed E-state index contributed by atoms with van der Waals surface area (Å²) in [7, 11) is -2.27. The van der Waals surface area contributed by atoms with E-state index in [0.29, 0.717) is 24.7 Å². The van der Waals surface area contributed by atoms with E-state index >= 15 is 0 Å². The van der Waals surface area contributed by atoms with Crippen LogP contribution in [0.25, 0.3) is 0 Å². The minimum atomic E-state index is -3.79. The first kappa shape index (κ1) is 18.0. The maximum atomic E-state index is 13.1. The van der Waals surface area contributed by atoms with E-state index in [4.69, 9.17) is 9.26 Å². The van der Waals surface area contributed by atoms with Gasteiger partial charge in [-0.25, -0.2) is 12.8 Å². The lowest BCUT2D eigenvalue weighted by Gasteiger charge is -2.26. The van der Waals surface area contributed by atoms with Crippen molar-refractivity contribution in [3.8, 4) is 0 Å².